The molecule has 0 radical (unpaired) electrons. The quantitative estimate of drug-likeness (QED) is 0.680. The fourth-order valence-electron chi connectivity index (χ4n) is 0.813. The molecule has 0 saturated carbocycles. The summed E-state index contributed by atoms with van der Waals surface area (Å²) in [5, 5.41) is 0.127. The Labute approximate surface area is 80.3 Å². The van der Waals surface area contributed by atoms with Gasteiger partial charge in [0.25, 0.3) is 0 Å². The minimum atomic E-state index is 0.127. The summed E-state index contributed by atoms with van der Waals surface area (Å²) in [6.07, 6.45) is 1.90. The number of aryl methyl sites for hydroxylation is 1. The first-order valence-corrected chi connectivity index (χ1v) is 6.11. The Balaban J connectivity index is 2.75. The van der Waals surface area contributed by atoms with Crippen molar-refractivity contribution in [3.8, 4) is 0 Å². The average Bonchev–Trinajstić information content (AvgIpc) is 2.06. The highest BCUT2D eigenvalue weighted by molar-refractivity contribution is 8.82. The molecule has 3 heteroatoms. The molecule has 1 rings (SSSR count). The molecule has 0 unspecified atom stereocenters. The van der Waals surface area contributed by atoms with Gasteiger partial charge in [-0.15, -0.1) is 0 Å². The minimum absolute atomic E-state index is 0.127. The van der Waals surface area contributed by atoms with Crippen LogP contribution in [0.4, 0.5) is 0 Å². The Morgan fingerprint density at radius 2 is 1.83 bits per heavy atom. The summed E-state index contributed by atoms with van der Waals surface area (Å²) in [4.78, 5) is 11.3. The van der Waals surface area contributed by atoms with E-state index in [1.807, 2.05) is 37.4 Å². The number of hydrogen-bond donors (Lipinski definition) is 0. The Kier molecular flexibility index (Phi) is 3.69. The van der Waals surface area contributed by atoms with Crippen molar-refractivity contribution in [2.75, 3.05) is 6.26 Å². The fourth-order valence-corrected chi connectivity index (χ4v) is 1.94. The molecule has 1 aromatic carbocycles. The maximum atomic E-state index is 11.3. The van der Waals surface area contributed by atoms with Gasteiger partial charge < -0.3 is 0 Å². The molecule has 0 aromatic heterocycles. The molecule has 0 saturated heterocycles. The molecule has 0 amide bonds. The molecule has 0 fully saturated rings. The van der Waals surface area contributed by atoms with Crippen LogP contribution in [-0.2, 0) is 0 Å². The van der Waals surface area contributed by atoms with Crippen molar-refractivity contribution >= 4 is 26.7 Å². The highest BCUT2D eigenvalue weighted by Crippen LogP contribution is 2.22. The third-order valence-corrected chi connectivity index (χ3v) is 2.95. The van der Waals surface area contributed by atoms with Crippen LogP contribution in [0, 0.1) is 6.92 Å². The van der Waals surface area contributed by atoms with E-state index in [4.69, 9.17) is 0 Å². The summed E-state index contributed by atoms with van der Waals surface area (Å²) >= 11 is 0. The van der Waals surface area contributed by atoms with Gasteiger partial charge in [0, 0.05) is 5.56 Å². The van der Waals surface area contributed by atoms with Crippen LogP contribution in [0.1, 0.15) is 15.9 Å². The first-order valence-electron chi connectivity index (χ1n) is 3.55. The molecular weight excluding hydrogens is 188 g/mol. The second-order valence-electron chi connectivity index (χ2n) is 2.40. The SMILES string of the molecule is CSSC(=O)c1ccc(C)cc1. The highest BCUT2D eigenvalue weighted by Gasteiger charge is 2.03. The molecular formula is C9H10OS2. The maximum Gasteiger partial charge on any atom is 0.229 e. The standard InChI is InChI=1S/C9H10OS2/c1-7-3-5-8(6-4-7)9(10)12-11-2/h3-6H,1-2H3. The molecule has 0 aliphatic carbocycles. The van der Waals surface area contributed by atoms with E-state index in [2.05, 4.69) is 0 Å². The van der Waals surface area contributed by atoms with E-state index < -0.39 is 0 Å². The van der Waals surface area contributed by atoms with Crippen LogP contribution in [0.15, 0.2) is 24.3 Å². The smallest absolute Gasteiger partial charge is 0.229 e. The highest BCUT2D eigenvalue weighted by atomic mass is 33.1. The summed E-state index contributed by atoms with van der Waals surface area (Å²) in [6, 6.07) is 7.63. The summed E-state index contributed by atoms with van der Waals surface area (Å²) in [5.74, 6) is 0. The topological polar surface area (TPSA) is 17.1 Å². The third-order valence-electron chi connectivity index (χ3n) is 1.45. The Morgan fingerprint density at radius 3 is 2.33 bits per heavy atom. The molecule has 0 heterocycles. The van der Waals surface area contributed by atoms with Gasteiger partial charge in [-0.3, -0.25) is 4.79 Å². The predicted octanol–water partition coefficient (Wildman–Crippen LogP) is 3.15. The zero-order valence-corrected chi connectivity index (χ0v) is 8.67. The molecule has 0 bridgehead atoms. The zero-order valence-electron chi connectivity index (χ0n) is 7.03. The van der Waals surface area contributed by atoms with Crippen molar-refractivity contribution in [1.29, 1.82) is 0 Å². The van der Waals surface area contributed by atoms with Gasteiger partial charge in [0.05, 0.1) is 0 Å². The van der Waals surface area contributed by atoms with Gasteiger partial charge in [0.1, 0.15) is 0 Å². The minimum Gasteiger partial charge on any atom is -0.281 e. The zero-order chi connectivity index (χ0) is 8.97. The van der Waals surface area contributed by atoms with E-state index in [0.717, 1.165) is 5.56 Å². The fraction of sp³-hybridized carbons (Fsp3) is 0.222. The van der Waals surface area contributed by atoms with Crippen molar-refractivity contribution < 1.29 is 4.79 Å². The van der Waals surface area contributed by atoms with E-state index in [1.165, 1.54) is 27.2 Å². The van der Waals surface area contributed by atoms with Crippen LogP contribution in [0.25, 0.3) is 0 Å². The van der Waals surface area contributed by atoms with E-state index in [0.29, 0.717) is 0 Å². The maximum absolute atomic E-state index is 11.3. The number of rotatable bonds is 2. The third kappa shape index (κ3) is 2.57. The first kappa shape index (κ1) is 9.68. The average molecular weight is 198 g/mol. The number of benzene rings is 1. The van der Waals surface area contributed by atoms with Crippen molar-refractivity contribution in [3.63, 3.8) is 0 Å². The molecule has 0 aliphatic rings. The van der Waals surface area contributed by atoms with E-state index in [1.54, 1.807) is 0 Å². The number of carbonyl (C=O) groups excluding carboxylic acids is 1. The van der Waals surface area contributed by atoms with Crippen LogP contribution < -0.4 is 0 Å². The number of hydrogen-bond acceptors (Lipinski definition) is 3. The largest absolute Gasteiger partial charge is 0.281 e. The lowest BCUT2D eigenvalue weighted by molar-refractivity contribution is 0.109. The molecule has 12 heavy (non-hydrogen) atoms. The van der Waals surface area contributed by atoms with Gasteiger partial charge in [0.15, 0.2) is 0 Å². The Morgan fingerprint density at radius 1 is 1.25 bits per heavy atom. The number of carbonyl (C=O) groups is 1. The van der Waals surface area contributed by atoms with Crippen LogP contribution in [-0.4, -0.2) is 11.4 Å². The van der Waals surface area contributed by atoms with E-state index >= 15 is 0 Å². The van der Waals surface area contributed by atoms with Gasteiger partial charge in [-0.1, -0.05) is 40.6 Å². The first-order chi connectivity index (χ1) is 5.74. The van der Waals surface area contributed by atoms with Crippen LogP contribution in [0.5, 0.6) is 0 Å². The molecule has 0 spiro atoms. The second kappa shape index (κ2) is 4.58. The van der Waals surface area contributed by atoms with Crippen molar-refractivity contribution in [3.05, 3.63) is 35.4 Å². The summed E-state index contributed by atoms with van der Waals surface area (Å²) in [7, 11) is 2.74. The van der Waals surface area contributed by atoms with Crippen LogP contribution in [0.3, 0.4) is 0 Å². The van der Waals surface area contributed by atoms with Crippen LogP contribution in [0.2, 0.25) is 0 Å². The summed E-state index contributed by atoms with van der Waals surface area (Å²) in [6.45, 7) is 2.01. The molecule has 0 N–H and O–H groups in total. The molecule has 1 nitrogen and oxygen atoms in total. The van der Waals surface area contributed by atoms with E-state index in [-0.39, 0.29) is 5.12 Å². The lowest BCUT2D eigenvalue weighted by Crippen LogP contribution is -1.90. The monoisotopic (exact) mass is 198 g/mol. The van der Waals surface area contributed by atoms with Crippen molar-refractivity contribution in [2.45, 2.75) is 6.92 Å². The molecule has 1 aromatic rings. The van der Waals surface area contributed by atoms with Gasteiger partial charge in [-0.2, -0.15) is 0 Å². The lowest BCUT2D eigenvalue weighted by Gasteiger charge is -1.97. The van der Waals surface area contributed by atoms with Gasteiger partial charge >= 0.3 is 0 Å². The molecule has 0 atom stereocenters. The second-order valence-corrected chi connectivity index (χ2v) is 4.77. The van der Waals surface area contributed by atoms with Gasteiger partial charge in [-0.25, -0.2) is 0 Å². The van der Waals surface area contributed by atoms with Crippen LogP contribution >= 0.6 is 21.6 Å². The predicted molar refractivity (Wildman–Crippen MR) is 56.6 cm³/mol. The van der Waals surface area contributed by atoms with Crippen molar-refractivity contribution in [1.82, 2.24) is 0 Å². The van der Waals surface area contributed by atoms with Gasteiger partial charge in [-0.05, 0) is 24.0 Å². The lowest BCUT2D eigenvalue weighted by atomic mass is 10.2. The Hall–Kier alpha value is -0.410. The van der Waals surface area contributed by atoms with Crippen molar-refractivity contribution in [2.24, 2.45) is 0 Å². The normalized spacial score (nSPS) is 9.83. The Bertz CT molecular complexity index is 266. The summed E-state index contributed by atoms with van der Waals surface area (Å²) < 4.78 is 0. The van der Waals surface area contributed by atoms with E-state index in [9.17, 15) is 4.79 Å². The molecule has 0 aliphatic heterocycles. The van der Waals surface area contributed by atoms with Gasteiger partial charge in [0.2, 0.25) is 5.12 Å². The summed E-state index contributed by atoms with van der Waals surface area (Å²) in [5.41, 5.74) is 1.96. The molecule has 64 valence electrons.